The molecule has 2 aliphatic rings. The van der Waals surface area contributed by atoms with E-state index in [0.717, 1.165) is 36.1 Å². The minimum absolute atomic E-state index is 0.000304. The smallest absolute Gasteiger partial charge is 0.249 e. The predicted octanol–water partition coefficient (Wildman–Crippen LogP) is 2.63. The van der Waals surface area contributed by atoms with Crippen LogP contribution in [0.2, 0.25) is 0 Å². The molecule has 2 aromatic rings. The van der Waals surface area contributed by atoms with Gasteiger partial charge in [-0.05, 0) is 46.5 Å². The molecule has 144 valence electrons. The Hall–Kier alpha value is -2.57. The zero-order chi connectivity index (χ0) is 19.5. The van der Waals surface area contributed by atoms with Crippen molar-refractivity contribution in [2.75, 3.05) is 24.6 Å². The molecular weight excluding hydrogens is 424 g/mol. The molecule has 0 unspecified atom stereocenters. The highest BCUT2D eigenvalue weighted by Gasteiger charge is 2.37. The molecule has 8 nitrogen and oxygen atoms in total. The van der Waals surface area contributed by atoms with Crippen LogP contribution in [-0.2, 0) is 9.63 Å². The second-order valence-corrected chi connectivity index (χ2v) is 7.67. The fraction of sp³-hybridized carbons (Fsp3) is 0.421. The van der Waals surface area contributed by atoms with Crippen molar-refractivity contribution >= 4 is 27.8 Å². The van der Waals surface area contributed by atoms with E-state index in [-0.39, 0.29) is 17.9 Å². The molecular formula is C19H19BrN6O2. The average Bonchev–Trinajstić information content (AvgIpc) is 3.23. The molecule has 2 aliphatic heterocycles. The van der Waals surface area contributed by atoms with Gasteiger partial charge in [0.2, 0.25) is 11.9 Å². The van der Waals surface area contributed by atoms with Gasteiger partial charge in [-0.3, -0.25) is 14.6 Å². The summed E-state index contributed by atoms with van der Waals surface area (Å²) in [6.07, 6.45) is 7.08. The fourth-order valence-corrected chi connectivity index (χ4v) is 3.95. The van der Waals surface area contributed by atoms with Crippen LogP contribution in [0.1, 0.15) is 36.4 Å². The molecule has 0 radical (unpaired) electrons. The Balaban J connectivity index is 1.42. The molecule has 1 atom stereocenters. The Bertz CT molecular complexity index is 909. The molecule has 0 N–H and O–H groups in total. The molecule has 0 aliphatic carbocycles. The largest absolute Gasteiger partial charge is 0.341 e. The highest BCUT2D eigenvalue weighted by atomic mass is 79.9. The van der Waals surface area contributed by atoms with Crippen LogP contribution in [0.4, 0.5) is 5.95 Å². The van der Waals surface area contributed by atoms with Gasteiger partial charge in [0.1, 0.15) is 10.7 Å². The SMILES string of the molecule is N#Cc1cncc([C@@H]2CCON2C(=O)C2CCN(c3nccc(Br)n3)CC2)c1. The predicted molar refractivity (Wildman–Crippen MR) is 104 cm³/mol. The number of nitriles is 1. The third-order valence-electron chi connectivity index (χ3n) is 5.13. The van der Waals surface area contributed by atoms with Gasteiger partial charge in [-0.25, -0.2) is 15.0 Å². The van der Waals surface area contributed by atoms with Gasteiger partial charge in [0, 0.05) is 44.0 Å². The van der Waals surface area contributed by atoms with Gasteiger partial charge in [-0.15, -0.1) is 0 Å². The first-order valence-corrected chi connectivity index (χ1v) is 9.99. The number of halogens is 1. The number of piperidine rings is 1. The molecule has 4 rings (SSSR count). The summed E-state index contributed by atoms with van der Waals surface area (Å²) in [6.45, 7) is 1.92. The minimum atomic E-state index is -0.195. The lowest BCUT2D eigenvalue weighted by Gasteiger charge is -2.34. The summed E-state index contributed by atoms with van der Waals surface area (Å²) in [6, 6.07) is 5.47. The third-order valence-corrected chi connectivity index (χ3v) is 5.57. The van der Waals surface area contributed by atoms with E-state index in [4.69, 9.17) is 10.1 Å². The number of hydrogen-bond acceptors (Lipinski definition) is 7. The summed E-state index contributed by atoms with van der Waals surface area (Å²) in [5.41, 5.74) is 1.32. The van der Waals surface area contributed by atoms with Gasteiger partial charge in [-0.1, -0.05) is 0 Å². The number of anilines is 1. The molecule has 2 saturated heterocycles. The van der Waals surface area contributed by atoms with E-state index >= 15 is 0 Å². The maximum Gasteiger partial charge on any atom is 0.249 e. The highest BCUT2D eigenvalue weighted by molar-refractivity contribution is 9.10. The average molecular weight is 443 g/mol. The summed E-state index contributed by atoms with van der Waals surface area (Å²) in [5, 5.41) is 10.6. The van der Waals surface area contributed by atoms with E-state index in [0.29, 0.717) is 24.5 Å². The van der Waals surface area contributed by atoms with Crippen molar-refractivity contribution in [3.05, 3.63) is 46.5 Å². The standard InChI is InChI=1S/C19H19BrN6O2/c20-17-1-5-23-19(24-17)25-6-2-14(3-7-25)18(27)26-16(4-8-28-26)15-9-13(10-21)11-22-12-15/h1,5,9,11-12,14,16H,2-4,6-8H2/t16-/m0/s1. The molecule has 0 saturated carbocycles. The first kappa shape index (κ1) is 18.8. The highest BCUT2D eigenvalue weighted by Crippen LogP contribution is 2.33. The van der Waals surface area contributed by atoms with E-state index < -0.39 is 0 Å². The van der Waals surface area contributed by atoms with Crippen LogP contribution >= 0.6 is 15.9 Å². The molecule has 0 spiro atoms. The minimum Gasteiger partial charge on any atom is -0.341 e. The van der Waals surface area contributed by atoms with Crippen LogP contribution in [0, 0.1) is 17.2 Å². The summed E-state index contributed by atoms with van der Waals surface area (Å²) < 4.78 is 0.747. The number of carbonyl (C=O) groups is 1. The van der Waals surface area contributed by atoms with Crippen LogP contribution in [0.25, 0.3) is 0 Å². The maximum absolute atomic E-state index is 13.1. The summed E-state index contributed by atoms with van der Waals surface area (Å²) in [5.74, 6) is 0.575. The second kappa shape index (κ2) is 8.20. The van der Waals surface area contributed by atoms with Crippen molar-refractivity contribution in [3.63, 3.8) is 0 Å². The lowest BCUT2D eigenvalue weighted by atomic mass is 9.95. The van der Waals surface area contributed by atoms with Crippen molar-refractivity contribution < 1.29 is 9.63 Å². The number of rotatable bonds is 3. The molecule has 9 heteroatoms. The van der Waals surface area contributed by atoms with E-state index in [9.17, 15) is 4.79 Å². The van der Waals surface area contributed by atoms with Crippen LogP contribution in [0.3, 0.4) is 0 Å². The van der Waals surface area contributed by atoms with Gasteiger partial charge < -0.3 is 4.90 Å². The number of pyridine rings is 1. The number of carbonyl (C=O) groups excluding carboxylic acids is 1. The zero-order valence-corrected chi connectivity index (χ0v) is 16.7. The number of amides is 1. The zero-order valence-electron chi connectivity index (χ0n) is 15.2. The number of nitrogens with zero attached hydrogens (tertiary/aromatic N) is 6. The Morgan fingerprint density at radius 3 is 2.86 bits per heavy atom. The van der Waals surface area contributed by atoms with Crippen molar-refractivity contribution in [1.29, 1.82) is 5.26 Å². The van der Waals surface area contributed by atoms with Gasteiger partial charge >= 0.3 is 0 Å². The maximum atomic E-state index is 13.1. The number of aromatic nitrogens is 3. The van der Waals surface area contributed by atoms with Crippen molar-refractivity contribution in [3.8, 4) is 6.07 Å². The van der Waals surface area contributed by atoms with Crippen LogP contribution in [-0.4, -0.2) is 45.6 Å². The molecule has 2 fully saturated rings. The first-order chi connectivity index (χ1) is 13.7. The normalized spacial score (nSPS) is 20.2. The van der Waals surface area contributed by atoms with Crippen LogP contribution < -0.4 is 4.90 Å². The van der Waals surface area contributed by atoms with Gasteiger partial charge in [-0.2, -0.15) is 5.26 Å². The monoisotopic (exact) mass is 442 g/mol. The molecule has 1 amide bonds. The summed E-state index contributed by atoms with van der Waals surface area (Å²) >= 11 is 3.37. The van der Waals surface area contributed by atoms with Gasteiger partial charge in [0.25, 0.3) is 0 Å². The third kappa shape index (κ3) is 3.84. The number of hydroxylamine groups is 2. The lowest BCUT2D eigenvalue weighted by Crippen LogP contribution is -2.42. The van der Waals surface area contributed by atoms with Crippen molar-refractivity contribution in [2.45, 2.75) is 25.3 Å². The molecule has 4 heterocycles. The summed E-state index contributed by atoms with van der Waals surface area (Å²) in [7, 11) is 0. The van der Waals surface area contributed by atoms with E-state index in [1.165, 1.54) is 11.3 Å². The van der Waals surface area contributed by atoms with Crippen molar-refractivity contribution in [2.24, 2.45) is 5.92 Å². The first-order valence-electron chi connectivity index (χ1n) is 9.20. The molecule has 2 aromatic heterocycles. The van der Waals surface area contributed by atoms with E-state index in [2.05, 4.69) is 41.9 Å². The van der Waals surface area contributed by atoms with Gasteiger partial charge in [0.05, 0.1) is 18.2 Å². The molecule has 0 aromatic carbocycles. The van der Waals surface area contributed by atoms with Crippen LogP contribution in [0.5, 0.6) is 0 Å². The van der Waals surface area contributed by atoms with Gasteiger partial charge in [0.15, 0.2) is 0 Å². The topological polar surface area (TPSA) is 95.2 Å². The Labute approximate surface area is 171 Å². The van der Waals surface area contributed by atoms with Crippen molar-refractivity contribution in [1.82, 2.24) is 20.0 Å². The van der Waals surface area contributed by atoms with E-state index in [1.807, 2.05) is 0 Å². The Morgan fingerprint density at radius 2 is 2.11 bits per heavy atom. The Kier molecular flexibility index (Phi) is 5.50. The van der Waals surface area contributed by atoms with E-state index in [1.54, 1.807) is 24.5 Å². The molecule has 0 bridgehead atoms. The second-order valence-electron chi connectivity index (χ2n) is 6.86. The molecule has 28 heavy (non-hydrogen) atoms. The summed E-state index contributed by atoms with van der Waals surface area (Å²) in [4.78, 5) is 33.7. The lowest BCUT2D eigenvalue weighted by molar-refractivity contribution is -0.182. The fourth-order valence-electron chi connectivity index (χ4n) is 3.68. The quantitative estimate of drug-likeness (QED) is 0.673. The number of hydrogen-bond donors (Lipinski definition) is 0. The van der Waals surface area contributed by atoms with Crippen LogP contribution in [0.15, 0.2) is 35.3 Å². The Morgan fingerprint density at radius 1 is 1.29 bits per heavy atom.